The lowest BCUT2D eigenvalue weighted by molar-refractivity contribution is -0.137. The molecule has 0 saturated heterocycles. The fraction of sp³-hybridized carbons (Fsp3) is 0.0455. The highest BCUT2D eigenvalue weighted by atomic mass is 19.4. The normalized spacial score (nSPS) is 11.2. The minimum Gasteiger partial charge on any atom is -0.308 e. The van der Waals surface area contributed by atoms with Crippen molar-refractivity contribution in [3.8, 4) is 22.4 Å². The maximum atomic E-state index is 12.7. The van der Waals surface area contributed by atoms with Crippen LogP contribution in [0.1, 0.15) is 5.56 Å². The summed E-state index contributed by atoms with van der Waals surface area (Å²) in [5.74, 6) is 0. The maximum absolute atomic E-state index is 12.7. The summed E-state index contributed by atoms with van der Waals surface area (Å²) in [6.45, 7) is 0. The number of pyridine rings is 1. The van der Waals surface area contributed by atoms with Crippen molar-refractivity contribution < 1.29 is 18.0 Å². The molecule has 0 bridgehead atoms. The van der Waals surface area contributed by atoms with E-state index in [2.05, 4.69) is 25.8 Å². The Labute approximate surface area is 175 Å². The number of hydrogen-bond acceptors (Lipinski definition) is 3. The molecular weight excluding hydrogens is 407 g/mol. The van der Waals surface area contributed by atoms with Gasteiger partial charge in [0.25, 0.3) is 0 Å². The van der Waals surface area contributed by atoms with E-state index in [0.29, 0.717) is 11.4 Å². The minimum absolute atomic E-state index is 0.244. The van der Waals surface area contributed by atoms with Gasteiger partial charge in [-0.25, -0.2) is 4.79 Å². The Hall–Kier alpha value is -4.14. The second kappa shape index (κ2) is 8.31. The zero-order valence-electron chi connectivity index (χ0n) is 15.9. The van der Waals surface area contributed by atoms with Crippen molar-refractivity contribution in [3.63, 3.8) is 0 Å². The predicted octanol–water partition coefficient (Wildman–Crippen LogP) is 5.80. The van der Waals surface area contributed by atoms with E-state index < -0.39 is 17.8 Å². The number of urea groups is 1. The molecule has 9 heteroatoms. The summed E-state index contributed by atoms with van der Waals surface area (Å²) in [7, 11) is 0. The van der Waals surface area contributed by atoms with Gasteiger partial charge in [0.1, 0.15) is 0 Å². The first kappa shape index (κ1) is 20.1. The number of amides is 2. The molecule has 4 rings (SSSR count). The third-order valence-electron chi connectivity index (χ3n) is 4.50. The molecule has 2 aromatic carbocycles. The molecule has 4 aromatic rings. The van der Waals surface area contributed by atoms with Crippen LogP contribution in [0.25, 0.3) is 22.4 Å². The van der Waals surface area contributed by atoms with Gasteiger partial charge in [-0.3, -0.25) is 10.1 Å². The Morgan fingerprint density at radius 2 is 1.58 bits per heavy atom. The number of alkyl halides is 3. The number of anilines is 2. The first-order chi connectivity index (χ1) is 14.9. The molecule has 0 saturated carbocycles. The van der Waals surface area contributed by atoms with E-state index >= 15 is 0 Å². The molecule has 156 valence electrons. The van der Waals surface area contributed by atoms with Crippen LogP contribution in [0.2, 0.25) is 0 Å². The predicted molar refractivity (Wildman–Crippen MR) is 111 cm³/mol. The van der Waals surface area contributed by atoms with Crippen molar-refractivity contribution >= 4 is 17.4 Å². The third kappa shape index (κ3) is 4.72. The van der Waals surface area contributed by atoms with Crippen LogP contribution in [0.4, 0.5) is 29.3 Å². The largest absolute Gasteiger partial charge is 0.416 e. The minimum atomic E-state index is -4.43. The van der Waals surface area contributed by atoms with E-state index in [1.165, 1.54) is 12.1 Å². The van der Waals surface area contributed by atoms with Gasteiger partial charge in [0.2, 0.25) is 0 Å². The molecule has 3 N–H and O–H groups in total. The highest BCUT2D eigenvalue weighted by molar-refractivity contribution is 6.00. The number of halogens is 3. The van der Waals surface area contributed by atoms with Crippen LogP contribution in [0, 0.1) is 0 Å². The van der Waals surface area contributed by atoms with Gasteiger partial charge in [-0.1, -0.05) is 12.1 Å². The van der Waals surface area contributed by atoms with Crippen molar-refractivity contribution in [2.75, 3.05) is 10.6 Å². The van der Waals surface area contributed by atoms with Gasteiger partial charge in [0.05, 0.1) is 11.3 Å². The van der Waals surface area contributed by atoms with Crippen LogP contribution in [-0.4, -0.2) is 21.2 Å². The van der Waals surface area contributed by atoms with Gasteiger partial charge in [-0.15, -0.1) is 0 Å². The lowest BCUT2D eigenvalue weighted by Gasteiger charge is -2.11. The van der Waals surface area contributed by atoms with Crippen LogP contribution in [0.5, 0.6) is 0 Å². The SMILES string of the molecule is O=C(Nc1ccc(C(F)(F)F)cc1)Nc1cccc(-c2n[nH]cc2-c2ccncc2)c1. The van der Waals surface area contributed by atoms with Crippen LogP contribution in [-0.2, 0) is 6.18 Å². The number of nitrogens with zero attached hydrogens (tertiary/aromatic N) is 2. The smallest absolute Gasteiger partial charge is 0.308 e. The van der Waals surface area contributed by atoms with Crippen molar-refractivity contribution in [1.29, 1.82) is 0 Å². The standard InChI is InChI=1S/C22H16F3N5O/c23-22(24,25)16-4-6-17(7-5-16)28-21(31)29-18-3-1-2-15(12-18)20-19(13-27-30-20)14-8-10-26-11-9-14/h1-13H,(H,27,30)(H2,28,29,31). The molecular formula is C22H16F3N5O. The van der Waals surface area contributed by atoms with E-state index in [1.807, 2.05) is 18.2 Å². The quantitative estimate of drug-likeness (QED) is 0.388. The van der Waals surface area contributed by atoms with Gasteiger partial charge in [0, 0.05) is 41.1 Å². The molecule has 0 aliphatic carbocycles. The summed E-state index contributed by atoms with van der Waals surface area (Å²) in [5, 5.41) is 12.4. The van der Waals surface area contributed by atoms with Crippen molar-refractivity contribution in [1.82, 2.24) is 15.2 Å². The summed E-state index contributed by atoms with van der Waals surface area (Å²) < 4.78 is 38.0. The highest BCUT2D eigenvalue weighted by Crippen LogP contribution is 2.31. The first-order valence-corrected chi connectivity index (χ1v) is 9.20. The summed E-state index contributed by atoms with van der Waals surface area (Å²) in [4.78, 5) is 16.3. The highest BCUT2D eigenvalue weighted by Gasteiger charge is 2.30. The summed E-state index contributed by atoms with van der Waals surface area (Å²) in [6, 6.07) is 14.5. The van der Waals surface area contributed by atoms with Gasteiger partial charge in [-0.2, -0.15) is 18.3 Å². The second-order valence-corrected chi connectivity index (χ2v) is 6.62. The van der Waals surface area contributed by atoms with Crippen LogP contribution in [0.15, 0.2) is 79.3 Å². The number of hydrogen-bond donors (Lipinski definition) is 3. The Bertz CT molecular complexity index is 1190. The van der Waals surface area contributed by atoms with Gasteiger partial charge in [0.15, 0.2) is 0 Å². The monoisotopic (exact) mass is 423 g/mol. The molecule has 0 radical (unpaired) electrons. The molecule has 6 nitrogen and oxygen atoms in total. The summed E-state index contributed by atoms with van der Waals surface area (Å²) in [6.07, 6.45) is 0.732. The van der Waals surface area contributed by atoms with E-state index in [1.54, 1.807) is 36.8 Å². The Kier molecular flexibility index (Phi) is 5.40. The molecule has 0 spiro atoms. The number of rotatable bonds is 4. The number of benzene rings is 2. The molecule has 0 aliphatic rings. The molecule has 0 aliphatic heterocycles. The fourth-order valence-corrected chi connectivity index (χ4v) is 3.04. The van der Waals surface area contributed by atoms with Crippen molar-refractivity contribution in [2.45, 2.75) is 6.18 Å². The number of nitrogens with one attached hydrogen (secondary N) is 3. The van der Waals surface area contributed by atoms with Crippen molar-refractivity contribution in [3.05, 3.63) is 84.8 Å². The van der Waals surface area contributed by atoms with E-state index in [9.17, 15) is 18.0 Å². The van der Waals surface area contributed by atoms with Crippen LogP contribution in [0.3, 0.4) is 0 Å². The second-order valence-electron chi connectivity index (χ2n) is 6.62. The first-order valence-electron chi connectivity index (χ1n) is 9.20. The third-order valence-corrected chi connectivity index (χ3v) is 4.50. The van der Waals surface area contributed by atoms with Gasteiger partial charge >= 0.3 is 12.2 Å². The molecule has 0 unspecified atom stereocenters. The molecule has 0 atom stereocenters. The lowest BCUT2D eigenvalue weighted by Crippen LogP contribution is -2.19. The Morgan fingerprint density at radius 1 is 0.871 bits per heavy atom. The fourth-order valence-electron chi connectivity index (χ4n) is 3.04. The van der Waals surface area contributed by atoms with Crippen LogP contribution < -0.4 is 10.6 Å². The Morgan fingerprint density at radius 3 is 2.29 bits per heavy atom. The number of aromatic amines is 1. The molecule has 2 amide bonds. The van der Waals surface area contributed by atoms with E-state index in [4.69, 9.17) is 0 Å². The average molecular weight is 423 g/mol. The number of carbonyl (C=O) groups excluding carboxylic acids is 1. The maximum Gasteiger partial charge on any atom is 0.416 e. The van der Waals surface area contributed by atoms with E-state index in [0.717, 1.165) is 28.8 Å². The average Bonchev–Trinajstić information content (AvgIpc) is 3.24. The lowest BCUT2D eigenvalue weighted by atomic mass is 10.0. The number of carbonyl (C=O) groups is 1. The Balaban J connectivity index is 1.48. The van der Waals surface area contributed by atoms with E-state index in [-0.39, 0.29) is 5.69 Å². The summed E-state index contributed by atoms with van der Waals surface area (Å²) in [5.41, 5.74) is 3.28. The number of H-pyrrole nitrogens is 1. The van der Waals surface area contributed by atoms with Gasteiger partial charge < -0.3 is 10.6 Å². The van der Waals surface area contributed by atoms with Gasteiger partial charge in [-0.05, 0) is 54.1 Å². The number of aromatic nitrogens is 3. The molecule has 2 heterocycles. The molecule has 2 aromatic heterocycles. The van der Waals surface area contributed by atoms with Crippen LogP contribution >= 0.6 is 0 Å². The molecule has 31 heavy (non-hydrogen) atoms. The zero-order valence-corrected chi connectivity index (χ0v) is 15.9. The zero-order chi connectivity index (χ0) is 21.8. The van der Waals surface area contributed by atoms with Crippen molar-refractivity contribution in [2.24, 2.45) is 0 Å². The summed E-state index contributed by atoms with van der Waals surface area (Å²) >= 11 is 0. The molecule has 0 fully saturated rings. The topological polar surface area (TPSA) is 82.7 Å².